The number of phenolic OH excluding ortho intramolecular Hbond substituents is 2. The minimum atomic E-state index is -0.0789. The number of benzene rings is 2. The van der Waals surface area contributed by atoms with Gasteiger partial charge in [0, 0.05) is 31.3 Å². The van der Waals surface area contributed by atoms with Crippen LogP contribution in [0.3, 0.4) is 0 Å². The predicted octanol–water partition coefficient (Wildman–Crippen LogP) is 1.73. The Hall–Kier alpha value is -2.74. The van der Waals surface area contributed by atoms with Crippen LogP contribution in [0.25, 0.3) is 0 Å². The number of hydrogen-bond donors (Lipinski definition) is 2. The molecule has 4 aliphatic heterocycles. The maximum absolute atomic E-state index is 9.98. The molecular formula is C21H23N5O2. The lowest BCUT2D eigenvalue weighted by atomic mass is 9.74. The summed E-state index contributed by atoms with van der Waals surface area (Å²) in [6, 6.07) is 14.7. The molecule has 6 rings (SSSR count). The molecule has 2 aromatic rings. The van der Waals surface area contributed by atoms with Crippen molar-refractivity contribution >= 4 is 11.9 Å². The minimum absolute atomic E-state index is 0.0154. The van der Waals surface area contributed by atoms with Crippen molar-refractivity contribution in [3.63, 3.8) is 0 Å². The van der Waals surface area contributed by atoms with Crippen LogP contribution in [-0.2, 0) is 0 Å². The fourth-order valence-corrected chi connectivity index (χ4v) is 4.80. The molecule has 4 fully saturated rings. The van der Waals surface area contributed by atoms with Gasteiger partial charge in [0.1, 0.15) is 11.5 Å². The zero-order valence-electron chi connectivity index (χ0n) is 15.6. The Morgan fingerprint density at radius 3 is 2.14 bits per heavy atom. The molecule has 0 unspecified atom stereocenters. The van der Waals surface area contributed by atoms with Crippen LogP contribution < -0.4 is 0 Å². The average Bonchev–Trinajstić information content (AvgIpc) is 2.66. The summed E-state index contributed by atoms with van der Waals surface area (Å²) in [5, 5.41) is 28.4. The summed E-state index contributed by atoms with van der Waals surface area (Å²) < 4.78 is 0. The summed E-state index contributed by atoms with van der Waals surface area (Å²) in [6.45, 7) is 6.00. The van der Waals surface area contributed by atoms with Crippen molar-refractivity contribution < 1.29 is 10.2 Å². The third kappa shape index (κ3) is 3.07. The Balaban J connectivity index is 1.52. The molecule has 7 nitrogen and oxygen atoms in total. The first-order valence-electron chi connectivity index (χ1n) is 9.47. The third-order valence-electron chi connectivity index (χ3n) is 5.70. The molecule has 0 spiro atoms. The largest absolute Gasteiger partial charge is 0.508 e. The molecule has 0 saturated carbocycles. The monoisotopic (exact) mass is 377 g/mol. The Bertz CT molecular complexity index is 906. The van der Waals surface area contributed by atoms with Gasteiger partial charge in [0.05, 0.1) is 37.3 Å². The topological polar surface area (TPSA) is 74.9 Å². The van der Waals surface area contributed by atoms with Crippen LogP contribution in [0.5, 0.6) is 11.5 Å². The van der Waals surface area contributed by atoms with Crippen molar-refractivity contribution in [2.24, 2.45) is 15.6 Å². The highest BCUT2D eigenvalue weighted by Crippen LogP contribution is 2.38. The van der Waals surface area contributed by atoms with Gasteiger partial charge < -0.3 is 10.2 Å². The second-order valence-corrected chi connectivity index (χ2v) is 7.99. The van der Waals surface area contributed by atoms with Crippen LogP contribution in [0.2, 0.25) is 0 Å². The second-order valence-electron chi connectivity index (χ2n) is 7.99. The molecule has 0 amide bonds. The van der Waals surface area contributed by atoms with E-state index in [-0.39, 0.29) is 16.9 Å². The van der Waals surface area contributed by atoms with E-state index in [0.717, 1.165) is 50.9 Å². The number of rotatable bonds is 4. The number of nitrogens with zero attached hydrogens (tertiary/aromatic N) is 5. The quantitative estimate of drug-likeness (QED) is 0.627. The third-order valence-corrected chi connectivity index (χ3v) is 5.70. The maximum Gasteiger partial charge on any atom is 0.128 e. The molecule has 0 atom stereocenters. The first kappa shape index (κ1) is 17.4. The van der Waals surface area contributed by atoms with E-state index in [1.54, 1.807) is 12.3 Å². The van der Waals surface area contributed by atoms with E-state index >= 15 is 0 Å². The summed E-state index contributed by atoms with van der Waals surface area (Å²) in [5.74, 6) is 0.00666. The van der Waals surface area contributed by atoms with Crippen LogP contribution in [0, 0.1) is 5.41 Å². The highest BCUT2D eigenvalue weighted by Gasteiger charge is 2.51. The van der Waals surface area contributed by atoms with Crippen LogP contribution in [0.1, 0.15) is 11.1 Å². The zero-order valence-corrected chi connectivity index (χ0v) is 15.6. The number of aromatic hydroxyl groups is 2. The van der Waals surface area contributed by atoms with Gasteiger partial charge in [-0.15, -0.1) is 0 Å². The Morgan fingerprint density at radius 2 is 1.54 bits per heavy atom. The summed E-state index contributed by atoms with van der Waals surface area (Å²) in [6.07, 6.45) is 1.54. The van der Waals surface area contributed by atoms with Gasteiger partial charge in [-0.25, -0.2) is 0 Å². The normalized spacial score (nSPS) is 31.6. The van der Waals surface area contributed by atoms with Crippen molar-refractivity contribution in [2.45, 2.75) is 0 Å². The number of hydrogen-bond acceptors (Lipinski definition) is 7. The van der Waals surface area contributed by atoms with Crippen LogP contribution >= 0.6 is 0 Å². The zero-order chi connectivity index (χ0) is 19.1. The van der Waals surface area contributed by atoms with Crippen molar-refractivity contribution in [3.05, 3.63) is 59.7 Å². The van der Waals surface area contributed by atoms with Crippen molar-refractivity contribution in [3.8, 4) is 11.5 Å². The molecule has 0 radical (unpaired) electrons. The molecule has 28 heavy (non-hydrogen) atoms. The lowest BCUT2D eigenvalue weighted by molar-refractivity contribution is -0.149. The molecule has 0 aliphatic carbocycles. The lowest BCUT2D eigenvalue weighted by Gasteiger charge is -2.60. The standard InChI is InChI=1S/C21H23N5O2/c27-18-7-6-17(19(28)8-18)9-22-23-20(16-4-2-1-3-5-16)21-10-24-13-25(11-21)15-26(12-21)14-24/h1-9,27-28H,10-15H2/b22-9+,23-20+. The average molecular weight is 377 g/mol. The molecule has 2 aromatic carbocycles. The molecule has 7 heteroatoms. The van der Waals surface area contributed by atoms with Crippen molar-refractivity contribution in [2.75, 3.05) is 39.6 Å². The van der Waals surface area contributed by atoms with Gasteiger partial charge in [-0.05, 0) is 17.7 Å². The van der Waals surface area contributed by atoms with Gasteiger partial charge >= 0.3 is 0 Å². The summed E-state index contributed by atoms with van der Waals surface area (Å²) in [4.78, 5) is 7.39. The van der Waals surface area contributed by atoms with Crippen LogP contribution in [-0.4, -0.2) is 76.5 Å². The molecule has 4 aliphatic rings. The Morgan fingerprint density at radius 1 is 0.893 bits per heavy atom. The second kappa shape index (κ2) is 6.70. The van der Waals surface area contributed by atoms with E-state index in [0.29, 0.717) is 5.56 Å². The van der Waals surface area contributed by atoms with Gasteiger partial charge in [0.2, 0.25) is 0 Å². The van der Waals surface area contributed by atoms with E-state index in [1.165, 1.54) is 12.1 Å². The van der Waals surface area contributed by atoms with Gasteiger partial charge in [0.25, 0.3) is 0 Å². The molecule has 4 bridgehead atoms. The smallest absolute Gasteiger partial charge is 0.128 e. The van der Waals surface area contributed by atoms with E-state index in [2.05, 4.69) is 37.0 Å². The fourth-order valence-electron chi connectivity index (χ4n) is 4.80. The van der Waals surface area contributed by atoms with E-state index in [4.69, 9.17) is 0 Å². The van der Waals surface area contributed by atoms with Gasteiger partial charge in [-0.3, -0.25) is 14.7 Å². The molecular weight excluding hydrogens is 354 g/mol. The van der Waals surface area contributed by atoms with E-state index in [9.17, 15) is 10.2 Å². The summed E-state index contributed by atoms with van der Waals surface area (Å²) in [7, 11) is 0. The van der Waals surface area contributed by atoms with Gasteiger partial charge in [-0.2, -0.15) is 10.2 Å². The first-order valence-corrected chi connectivity index (χ1v) is 9.47. The summed E-state index contributed by atoms with van der Waals surface area (Å²) >= 11 is 0. The maximum atomic E-state index is 9.98. The fraction of sp³-hybridized carbons (Fsp3) is 0.333. The molecule has 144 valence electrons. The van der Waals surface area contributed by atoms with Crippen molar-refractivity contribution in [1.29, 1.82) is 0 Å². The van der Waals surface area contributed by atoms with Gasteiger partial charge in [-0.1, -0.05) is 30.3 Å². The van der Waals surface area contributed by atoms with Crippen molar-refractivity contribution in [1.82, 2.24) is 14.7 Å². The predicted molar refractivity (Wildman–Crippen MR) is 107 cm³/mol. The van der Waals surface area contributed by atoms with Crippen LogP contribution in [0.15, 0.2) is 58.7 Å². The van der Waals surface area contributed by atoms with Gasteiger partial charge in [0.15, 0.2) is 0 Å². The summed E-state index contributed by atoms with van der Waals surface area (Å²) in [5.41, 5.74) is 2.52. The Kier molecular flexibility index (Phi) is 4.16. The molecule has 0 aromatic heterocycles. The molecule has 4 heterocycles. The highest BCUT2D eigenvalue weighted by atomic mass is 16.3. The van der Waals surface area contributed by atoms with Crippen LogP contribution in [0.4, 0.5) is 0 Å². The highest BCUT2D eigenvalue weighted by molar-refractivity contribution is 6.05. The first-order chi connectivity index (χ1) is 13.6. The SMILES string of the molecule is Oc1ccc(/C=N/N=C(\c2ccccc2)C23CN4CN(CN(C4)C2)C3)c(O)c1. The van der Waals surface area contributed by atoms with E-state index < -0.39 is 0 Å². The lowest BCUT2D eigenvalue weighted by Crippen LogP contribution is -2.74. The number of phenols is 2. The van der Waals surface area contributed by atoms with E-state index in [1.807, 2.05) is 18.2 Å². The molecule has 4 saturated heterocycles. The minimum Gasteiger partial charge on any atom is -0.508 e. The Labute approximate surface area is 163 Å². The molecule has 2 N–H and O–H groups in total.